The highest BCUT2D eigenvalue weighted by Gasteiger charge is 2.10. The smallest absolute Gasteiger partial charge is 0.123 e. The van der Waals surface area contributed by atoms with Gasteiger partial charge in [-0.1, -0.05) is 48.5 Å². The molecule has 6 heteroatoms. The Bertz CT molecular complexity index is 989. The number of hydrogen-bond donors (Lipinski definition) is 2. The van der Waals surface area contributed by atoms with E-state index in [0.717, 1.165) is 60.9 Å². The third-order valence-corrected chi connectivity index (χ3v) is 5.82. The van der Waals surface area contributed by atoms with Gasteiger partial charge in [0.05, 0.1) is 19.3 Å². The zero-order valence-corrected chi connectivity index (χ0v) is 18.8. The molecule has 1 fully saturated rings. The molecule has 174 valence electrons. The highest BCUT2D eigenvalue weighted by molar-refractivity contribution is 5.64. The van der Waals surface area contributed by atoms with Crippen molar-refractivity contribution < 1.29 is 19.0 Å². The molecule has 33 heavy (non-hydrogen) atoms. The number of rotatable bonds is 10. The minimum absolute atomic E-state index is 0.252. The Hall–Kier alpha value is -2.77. The average molecular weight is 451 g/mol. The molecule has 0 radical (unpaired) electrons. The number of morpholine rings is 1. The van der Waals surface area contributed by atoms with E-state index in [-0.39, 0.29) is 5.82 Å². The Labute approximate surface area is 194 Å². The zero-order chi connectivity index (χ0) is 22.9. The number of hydrogen-bond acceptors (Lipinski definition) is 5. The molecular weight excluding hydrogens is 419 g/mol. The lowest BCUT2D eigenvalue weighted by atomic mass is 10.0. The molecule has 2 N–H and O–H groups in total. The first-order valence-corrected chi connectivity index (χ1v) is 11.4. The minimum atomic E-state index is -0.630. The van der Waals surface area contributed by atoms with Crippen LogP contribution in [0, 0.1) is 5.82 Å². The van der Waals surface area contributed by atoms with Crippen LogP contribution in [0.4, 0.5) is 4.39 Å². The molecule has 1 atom stereocenters. The largest absolute Gasteiger partial charge is 0.492 e. The van der Waals surface area contributed by atoms with E-state index in [1.807, 2.05) is 42.5 Å². The summed E-state index contributed by atoms with van der Waals surface area (Å²) >= 11 is 0. The Kier molecular flexibility index (Phi) is 8.44. The van der Waals surface area contributed by atoms with Gasteiger partial charge >= 0.3 is 0 Å². The molecule has 0 aliphatic carbocycles. The summed E-state index contributed by atoms with van der Waals surface area (Å²) in [5, 5.41) is 13.6. The van der Waals surface area contributed by atoms with Crippen LogP contribution >= 0.6 is 0 Å². The third-order valence-electron chi connectivity index (χ3n) is 5.82. The van der Waals surface area contributed by atoms with E-state index in [4.69, 9.17) is 9.47 Å². The van der Waals surface area contributed by atoms with Crippen LogP contribution in [0.3, 0.4) is 0 Å². The lowest BCUT2D eigenvalue weighted by Gasteiger charge is -2.26. The summed E-state index contributed by atoms with van der Waals surface area (Å²) in [6.45, 7) is 6.02. The molecule has 3 aromatic rings. The molecule has 4 rings (SSSR count). The van der Waals surface area contributed by atoms with Crippen molar-refractivity contribution >= 4 is 0 Å². The van der Waals surface area contributed by atoms with Gasteiger partial charge in [0.15, 0.2) is 0 Å². The lowest BCUT2D eigenvalue weighted by Crippen LogP contribution is -2.38. The third kappa shape index (κ3) is 7.11. The molecular formula is C27H31FN2O3. The highest BCUT2D eigenvalue weighted by atomic mass is 19.1. The molecule has 1 aliphatic heterocycles. The van der Waals surface area contributed by atoms with Gasteiger partial charge in [-0.3, -0.25) is 4.90 Å². The molecule has 1 aliphatic rings. The van der Waals surface area contributed by atoms with Crippen LogP contribution in [0.5, 0.6) is 5.75 Å². The van der Waals surface area contributed by atoms with Crippen LogP contribution in [0.15, 0.2) is 72.8 Å². The molecule has 1 saturated heterocycles. The number of ether oxygens (including phenoxy) is 2. The maximum atomic E-state index is 13.3. The number of nitrogens with zero attached hydrogens (tertiary/aromatic N) is 1. The van der Waals surface area contributed by atoms with E-state index in [0.29, 0.717) is 19.7 Å². The first kappa shape index (κ1) is 23.4. The standard InChI is InChI=1S/C27H31FN2O3/c28-25-3-1-2-21(18-25)19-29-20-27(31)24-6-4-22(5-7-24)23-8-10-26(11-9-23)33-17-14-30-12-15-32-16-13-30/h1-11,18,27,29,31H,12-17,19-20H2. The summed E-state index contributed by atoms with van der Waals surface area (Å²) in [7, 11) is 0. The zero-order valence-electron chi connectivity index (χ0n) is 18.8. The van der Waals surface area contributed by atoms with Crippen molar-refractivity contribution in [3.63, 3.8) is 0 Å². The predicted octanol–water partition coefficient (Wildman–Crippen LogP) is 4.03. The molecule has 0 spiro atoms. The fraction of sp³-hybridized carbons (Fsp3) is 0.333. The quantitative estimate of drug-likeness (QED) is 0.489. The van der Waals surface area contributed by atoms with Crippen molar-refractivity contribution in [1.29, 1.82) is 0 Å². The number of aliphatic hydroxyl groups excluding tert-OH is 1. The highest BCUT2D eigenvalue weighted by Crippen LogP contribution is 2.24. The van der Waals surface area contributed by atoms with Crippen LogP contribution in [0.25, 0.3) is 11.1 Å². The first-order chi connectivity index (χ1) is 16.2. The van der Waals surface area contributed by atoms with Crippen LogP contribution in [0.1, 0.15) is 17.2 Å². The van der Waals surface area contributed by atoms with Crippen molar-refractivity contribution in [3.8, 4) is 16.9 Å². The molecule has 0 bridgehead atoms. The Morgan fingerprint density at radius 1 is 0.970 bits per heavy atom. The monoisotopic (exact) mass is 450 g/mol. The van der Waals surface area contributed by atoms with Gasteiger partial charge in [0, 0.05) is 32.7 Å². The Morgan fingerprint density at radius 2 is 1.67 bits per heavy atom. The van der Waals surface area contributed by atoms with Gasteiger partial charge in [-0.25, -0.2) is 4.39 Å². The second-order valence-corrected chi connectivity index (χ2v) is 8.23. The number of halogens is 1. The second-order valence-electron chi connectivity index (χ2n) is 8.23. The van der Waals surface area contributed by atoms with Crippen molar-refractivity contribution in [2.24, 2.45) is 0 Å². The maximum absolute atomic E-state index is 13.3. The number of nitrogens with one attached hydrogen (secondary N) is 1. The molecule has 3 aromatic carbocycles. The lowest BCUT2D eigenvalue weighted by molar-refractivity contribution is 0.0322. The van der Waals surface area contributed by atoms with Gasteiger partial charge < -0.3 is 19.9 Å². The van der Waals surface area contributed by atoms with Crippen molar-refractivity contribution in [1.82, 2.24) is 10.2 Å². The van der Waals surface area contributed by atoms with Gasteiger partial charge in [0.25, 0.3) is 0 Å². The van der Waals surface area contributed by atoms with Crippen LogP contribution in [-0.2, 0) is 11.3 Å². The van der Waals surface area contributed by atoms with Crippen molar-refractivity contribution in [2.75, 3.05) is 46.0 Å². The van der Waals surface area contributed by atoms with Crippen molar-refractivity contribution in [3.05, 3.63) is 89.7 Å². The summed E-state index contributed by atoms with van der Waals surface area (Å²) in [5.74, 6) is 0.612. The van der Waals surface area contributed by atoms with E-state index in [2.05, 4.69) is 22.3 Å². The molecule has 0 aromatic heterocycles. The maximum Gasteiger partial charge on any atom is 0.123 e. The van der Waals surface area contributed by atoms with Gasteiger partial charge in [0.2, 0.25) is 0 Å². The van der Waals surface area contributed by atoms with E-state index in [9.17, 15) is 9.50 Å². The summed E-state index contributed by atoms with van der Waals surface area (Å²) < 4.78 is 24.5. The van der Waals surface area contributed by atoms with Crippen molar-refractivity contribution in [2.45, 2.75) is 12.6 Å². The minimum Gasteiger partial charge on any atom is -0.492 e. The van der Waals surface area contributed by atoms with Crippen LogP contribution in [-0.4, -0.2) is 56.0 Å². The first-order valence-electron chi connectivity index (χ1n) is 11.4. The summed E-state index contributed by atoms with van der Waals surface area (Å²) in [4.78, 5) is 2.35. The number of benzene rings is 3. The van der Waals surface area contributed by atoms with Gasteiger partial charge in [-0.05, 0) is 46.5 Å². The summed E-state index contributed by atoms with van der Waals surface area (Å²) in [5.41, 5.74) is 3.87. The Balaban J connectivity index is 1.23. The fourth-order valence-electron chi connectivity index (χ4n) is 3.88. The van der Waals surface area contributed by atoms with Gasteiger partial charge in [0.1, 0.15) is 18.2 Å². The molecule has 0 amide bonds. The van der Waals surface area contributed by atoms with E-state index < -0.39 is 6.10 Å². The second kappa shape index (κ2) is 11.9. The normalized spacial score (nSPS) is 15.3. The van der Waals surface area contributed by atoms with Crippen LogP contribution < -0.4 is 10.1 Å². The molecule has 1 heterocycles. The molecule has 5 nitrogen and oxygen atoms in total. The molecule has 1 unspecified atom stereocenters. The van der Waals surface area contributed by atoms with E-state index in [1.165, 1.54) is 12.1 Å². The molecule has 0 saturated carbocycles. The van der Waals surface area contributed by atoms with Gasteiger partial charge in [-0.15, -0.1) is 0 Å². The number of aliphatic hydroxyl groups is 1. The van der Waals surface area contributed by atoms with E-state index in [1.54, 1.807) is 6.07 Å². The fourth-order valence-corrected chi connectivity index (χ4v) is 3.88. The predicted molar refractivity (Wildman–Crippen MR) is 128 cm³/mol. The Morgan fingerprint density at radius 3 is 2.36 bits per heavy atom. The SMILES string of the molecule is OC(CNCc1cccc(F)c1)c1ccc(-c2ccc(OCCN3CCOCC3)cc2)cc1. The average Bonchev–Trinajstić information content (AvgIpc) is 2.85. The summed E-state index contributed by atoms with van der Waals surface area (Å²) in [6.07, 6.45) is -0.630. The topological polar surface area (TPSA) is 54.0 Å². The summed E-state index contributed by atoms with van der Waals surface area (Å²) in [6, 6.07) is 22.5. The van der Waals surface area contributed by atoms with E-state index >= 15 is 0 Å². The van der Waals surface area contributed by atoms with Gasteiger partial charge in [-0.2, -0.15) is 0 Å². The van der Waals surface area contributed by atoms with Crippen LogP contribution in [0.2, 0.25) is 0 Å².